The third kappa shape index (κ3) is 4.24. The fourth-order valence-electron chi connectivity index (χ4n) is 3.35. The van der Waals surface area contributed by atoms with Gasteiger partial charge in [0.15, 0.2) is 0 Å². The topological polar surface area (TPSA) is 96.6 Å². The van der Waals surface area contributed by atoms with Crippen LogP contribution in [0.1, 0.15) is 36.0 Å². The molecule has 0 bridgehead atoms. The number of nitrogens with zero attached hydrogens (tertiary/aromatic N) is 4. The molecule has 0 aliphatic carbocycles. The van der Waals surface area contributed by atoms with E-state index in [0.717, 1.165) is 11.3 Å². The summed E-state index contributed by atoms with van der Waals surface area (Å²) < 4.78 is 31.3. The van der Waals surface area contributed by atoms with E-state index < -0.39 is 10.0 Å². The van der Waals surface area contributed by atoms with Gasteiger partial charge in [-0.25, -0.2) is 8.42 Å². The molecule has 1 aliphatic rings. The molecule has 10 heteroatoms. The maximum atomic E-state index is 12.9. The minimum atomic E-state index is -3.28. The Morgan fingerprint density at radius 3 is 2.70 bits per heavy atom. The molecule has 3 aromatic rings. The highest BCUT2D eigenvalue weighted by Gasteiger charge is 2.26. The number of anilines is 1. The molecule has 1 amide bonds. The number of sulfonamides is 1. The minimum Gasteiger partial charge on any atom is -0.337 e. The van der Waals surface area contributed by atoms with Gasteiger partial charge < -0.3 is 9.42 Å². The van der Waals surface area contributed by atoms with Gasteiger partial charge in [0.05, 0.1) is 16.3 Å². The summed E-state index contributed by atoms with van der Waals surface area (Å²) in [5, 5.41) is 5.92. The van der Waals surface area contributed by atoms with Crippen molar-refractivity contribution in [2.24, 2.45) is 0 Å². The monoisotopic (exact) mass is 446 g/mol. The van der Waals surface area contributed by atoms with Gasteiger partial charge in [-0.05, 0) is 55.5 Å². The summed E-state index contributed by atoms with van der Waals surface area (Å²) in [6.45, 7) is 3.03. The molecule has 8 nitrogen and oxygen atoms in total. The van der Waals surface area contributed by atoms with Crippen molar-refractivity contribution in [3.63, 3.8) is 0 Å². The van der Waals surface area contributed by atoms with Crippen molar-refractivity contribution in [2.75, 3.05) is 23.1 Å². The van der Waals surface area contributed by atoms with Crippen molar-refractivity contribution in [1.29, 1.82) is 0 Å². The molecule has 4 rings (SSSR count). The van der Waals surface area contributed by atoms with Crippen LogP contribution in [0.2, 0.25) is 0 Å². The normalized spacial score (nSPS) is 15.8. The zero-order valence-corrected chi connectivity index (χ0v) is 18.2. The molecular formula is C20H22N4O4S2. The molecular weight excluding hydrogens is 424 g/mol. The molecule has 1 aliphatic heterocycles. The molecule has 1 saturated heterocycles. The average Bonchev–Trinajstić information content (AvgIpc) is 3.43. The van der Waals surface area contributed by atoms with Gasteiger partial charge in [0.1, 0.15) is 6.54 Å². The van der Waals surface area contributed by atoms with Crippen molar-refractivity contribution in [3.8, 4) is 10.7 Å². The molecule has 158 valence electrons. The summed E-state index contributed by atoms with van der Waals surface area (Å²) >= 11 is 1.52. The van der Waals surface area contributed by atoms with Crippen LogP contribution in [0.4, 0.5) is 5.69 Å². The Balaban J connectivity index is 1.47. The molecule has 1 aromatic carbocycles. The second kappa shape index (κ2) is 8.57. The van der Waals surface area contributed by atoms with Crippen molar-refractivity contribution >= 4 is 33.0 Å². The highest BCUT2D eigenvalue weighted by Crippen LogP contribution is 2.25. The number of carbonyl (C=O) groups excluding carboxylic acids is 1. The summed E-state index contributed by atoms with van der Waals surface area (Å²) in [6.07, 6.45) is 1.52. The summed E-state index contributed by atoms with van der Waals surface area (Å²) in [5.74, 6) is 0.858. The van der Waals surface area contributed by atoms with Gasteiger partial charge in [-0.15, -0.1) is 11.3 Å². The average molecular weight is 447 g/mol. The lowest BCUT2D eigenvalue weighted by Crippen LogP contribution is -2.37. The van der Waals surface area contributed by atoms with Gasteiger partial charge in [-0.3, -0.25) is 9.10 Å². The predicted molar refractivity (Wildman–Crippen MR) is 115 cm³/mol. The van der Waals surface area contributed by atoms with Crippen molar-refractivity contribution in [1.82, 2.24) is 15.0 Å². The smallest absolute Gasteiger partial charge is 0.254 e. The number of carbonyl (C=O) groups is 1. The Morgan fingerprint density at radius 2 is 2.03 bits per heavy atom. The molecule has 1 fully saturated rings. The Morgan fingerprint density at radius 1 is 1.23 bits per heavy atom. The standard InChI is InChI=1S/C20H22N4O4S2/c1-2-23(14-18-21-19(22-28-18)17-6-5-12-29-17)20(25)15-7-9-16(10-8-15)24-11-3-4-13-30(24,26)27/h5-10,12H,2-4,11,13-14H2,1H3. The highest BCUT2D eigenvalue weighted by atomic mass is 32.2. The fourth-order valence-corrected chi connectivity index (χ4v) is 5.64. The first kappa shape index (κ1) is 20.5. The van der Waals surface area contributed by atoms with E-state index >= 15 is 0 Å². The van der Waals surface area contributed by atoms with Crippen molar-refractivity contribution in [2.45, 2.75) is 26.3 Å². The molecule has 0 radical (unpaired) electrons. The molecule has 0 saturated carbocycles. The van der Waals surface area contributed by atoms with Gasteiger partial charge in [-0.1, -0.05) is 11.2 Å². The second-order valence-corrected chi connectivity index (χ2v) is 9.91. The Labute approximate surface area is 179 Å². The lowest BCUT2D eigenvalue weighted by molar-refractivity contribution is 0.0734. The number of hydrogen-bond acceptors (Lipinski definition) is 7. The van der Waals surface area contributed by atoms with Gasteiger partial charge in [0, 0.05) is 18.7 Å². The fraction of sp³-hybridized carbons (Fsp3) is 0.350. The van der Waals surface area contributed by atoms with Gasteiger partial charge in [0.25, 0.3) is 5.91 Å². The largest absolute Gasteiger partial charge is 0.337 e. The van der Waals surface area contributed by atoms with Crippen LogP contribution in [0.5, 0.6) is 0 Å². The van der Waals surface area contributed by atoms with E-state index in [4.69, 9.17) is 4.52 Å². The second-order valence-electron chi connectivity index (χ2n) is 6.95. The minimum absolute atomic E-state index is 0.162. The summed E-state index contributed by atoms with van der Waals surface area (Å²) in [7, 11) is -3.28. The number of benzene rings is 1. The van der Waals surface area contributed by atoms with E-state index in [-0.39, 0.29) is 18.2 Å². The first-order chi connectivity index (χ1) is 14.5. The third-order valence-corrected chi connectivity index (χ3v) is 7.69. The lowest BCUT2D eigenvalue weighted by atomic mass is 10.1. The van der Waals surface area contributed by atoms with Crippen LogP contribution in [0, 0.1) is 0 Å². The van der Waals surface area contributed by atoms with Crippen LogP contribution < -0.4 is 4.31 Å². The first-order valence-electron chi connectivity index (χ1n) is 9.74. The van der Waals surface area contributed by atoms with E-state index in [2.05, 4.69) is 10.1 Å². The number of hydrogen-bond donors (Lipinski definition) is 0. The van der Waals surface area contributed by atoms with Gasteiger partial charge in [-0.2, -0.15) is 4.98 Å². The van der Waals surface area contributed by atoms with Crippen molar-refractivity contribution in [3.05, 3.63) is 53.2 Å². The highest BCUT2D eigenvalue weighted by molar-refractivity contribution is 7.92. The van der Waals surface area contributed by atoms with Crippen LogP contribution in [0.25, 0.3) is 10.7 Å². The van der Waals surface area contributed by atoms with E-state index in [1.807, 2.05) is 24.4 Å². The Hall–Kier alpha value is -2.72. The van der Waals surface area contributed by atoms with Gasteiger partial charge >= 0.3 is 0 Å². The molecule has 0 atom stereocenters. The third-order valence-electron chi connectivity index (χ3n) is 4.96. The van der Waals surface area contributed by atoms with E-state index in [1.165, 1.54) is 15.6 Å². The van der Waals surface area contributed by atoms with Crippen LogP contribution in [-0.2, 0) is 16.6 Å². The zero-order valence-electron chi connectivity index (χ0n) is 16.5. The van der Waals surface area contributed by atoms with Crippen molar-refractivity contribution < 1.29 is 17.7 Å². The number of amides is 1. The Bertz CT molecular complexity index is 1110. The van der Waals surface area contributed by atoms with Crippen LogP contribution >= 0.6 is 11.3 Å². The Kier molecular flexibility index (Phi) is 5.87. The molecule has 0 unspecified atom stereocenters. The summed E-state index contributed by atoms with van der Waals surface area (Å²) in [4.78, 5) is 19.8. The summed E-state index contributed by atoms with van der Waals surface area (Å²) in [5.41, 5.74) is 1.07. The molecule has 2 aromatic heterocycles. The maximum Gasteiger partial charge on any atom is 0.254 e. The lowest BCUT2D eigenvalue weighted by Gasteiger charge is -2.28. The van der Waals surface area contributed by atoms with E-state index in [1.54, 1.807) is 29.2 Å². The first-order valence-corrected chi connectivity index (χ1v) is 12.2. The van der Waals surface area contributed by atoms with Gasteiger partial charge in [0.2, 0.25) is 21.7 Å². The molecule has 0 spiro atoms. The van der Waals surface area contributed by atoms with E-state index in [0.29, 0.717) is 42.5 Å². The number of rotatable bonds is 6. The zero-order chi connectivity index (χ0) is 21.1. The summed E-state index contributed by atoms with van der Waals surface area (Å²) in [6, 6.07) is 10.5. The predicted octanol–water partition coefficient (Wildman–Crippen LogP) is 3.39. The van der Waals surface area contributed by atoms with Crippen LogP contribution in [0.15, 0.2) is 46.3 Å². The number of aromatic nitrogens is 2. The molecule has 3 heterocycles. The van der Waals surface area contributed by atoms with Crippen LogP contribution in [-0.4, -0.2) is 48.2 Å². The number of thiophene rings is 1. The SMILES string of the molecule is CCN(Cc1nc(-c2cccs2)no1)C(=O)c1ccc(N2CCCCS2(=O)=O)cc1. The molecule has 0 N–H and O–H groups in total. The maximum absolute atomic E-state index is 12.9. The quantitative estimate of drug-likeness (QED) is 0.576. The molecule has 30 heavy (non-hydrogen) atoms. The van der Waals surface area contributed by atoms with E-state index in [9.17, 15) is 13.2 Å². The van der Waals surface area contributed by atoms with Crippen LogP contribution in [0.3, 0.4) is 0 Å².